The first-order chi connectivity index (χ1) is 9.24. The largest absolute Gasteiger partial charge is 0.493 e. The van der Waals surface area contributed by atoms with Gasteiger partial charge in [-0.3, -0.25) is 0 Å². The Morgan fingerprint density at radius 1 is 1.21 bits per heavy atom. The molecule has 1 heterocycles. The Hall–Kier alpha value is -0.790. The summed E-state index contributed by atoms with van der Waals surface area (Å²) in [7, 11) is 3.32. The summed E-state index contributed by atoms with van der Waals surface area (Å²) in [4.78, 5) is 1.34. The standard InChI is InChI=1S/C14H16INO2S/c1-17-13-7-10(6-12(15)14(13)18-2)8-16-9-11-4-3-5-19-11/h3-7,16H,8-9H2,1-2H3. The second-order valence-corrected chi connectivity index (χ2v) is 6.19. The molecule has 0 aliphatic heterocycles. The normalized spacial score (nSPS) is 10.5. The van der Waals surface area contributed by atoms with Crippen molar-refractivity contribution >= 4 is 33.9 Å². The number of ether oxygens (including phenoxy) is 2. The van der Waals surface area contributed by atoms with Crippen molar-refractivity contribution in [3.05, 3.63) is 43.7 Å². The lowest BCUT2D eigenvalue weighted by Crippen LogP contribution is -2.12. The van der Waals surface area contributed by atoms with Crippen molar-refractivity contribution < 1.29 is 9.47 Å². The van der Waals surface area contributed by atoms with Crippen molar-refractivity contribution in [2.45, 2.75) is 13.1 Å². The van der Waals surface area contributed by atoms with Crippen molar-refractivity contribution in [3.8, 4) is 11.5 Å². The van der Waals surface area contributed by atoms with Gasteiger partial charge in [-0.2, -0.15) is 0 Å². The molecule has 0 fully saturated rings. The molecule has 5 heteroatoms. The second-order valence-electron chi connectivity index (χ2n) is 4.00. The average Bonchev–Trinajstić information content (AvgIpc) is 2.91. The summed E-state index contributed by atoms with van der Waals surface area (Å²) in [5.41, 5.74) is 1.19. The highest BCUT2D eigenvalue weighted by molar-refractivity contribution is 14.1. The molecule has 3 nitrogen and oxygen atoms in total. The van der Waals surface area contributed by atoms with Crippen molar-refractivity contribution in [2.24, 2.45) is 0 Å². The SMILES string of the molecule is COc1cc(CNCc2cccs2)cc(I)c1OC. The fourth-order valence-corrected chi connectivity index (χ4v) is 3.38. The molecule has 0 saturated carbocycles. The van der Waals surface area contributed by atoms with E-state index in [1.54, 1.807) is 25.6 Å². The molecular weight excluding hydrogens is 373 g/mol. The van der Waals surface area contributed by atoms with Crippen LogP contribution in [0.1, 0.15) is 10.4 Å². The molecule has 1 aromatic heterocycles. The summed E-state index contributed by atoms with van der Waals surface area (Å²) in [6.45, 7) is 1.71. The average molecular weight is 389 g/mol. The Bertz CT molecular complexity index is 528. The number of nitrogens with one attached hydrogen (secondary N) is 1. The van der Waals surface area contributed by atoms with Gasteiger partial charge in [-0.05, 0) is 51.7 Å². The fourth-order valence-electron chi connectivity index (χ4n) is 1.82. The molecule has 1 N–H and O–H groups in total. The van der Waals surface area contributed by atoms with Gasteiger partial charge in [0.15, 0.2) is 11.5 Å². The molecular formula is C14H16INO2S. The third kappa shape index (κ3) is 3.84. The van der Waals surface area contributed by atoms with E-state index in [0.29, 0.717) is 0 Å². The van der Waals surface area contributed by atoms with Crippen LogP contribution in [0.4, 0.5) is 0 Å². The van der Waals surface area contributed by atoms with Crippen molar-refractivity contribution in [2.75, 3.05) is 14.2 Å². The highest BCUT2D eigenvalue weighted by atomic mass is 127. The summed E-state index contributed by atoms with van der Waals surface area (Å²) in [5.74, 6) is 1.58. The van der Waals surface area contributed by atoms with E-state index in [-0.39, 0.29) is 0 Å². The van der Waals surface area contributed by atoms with Crippen molar-refractivity contribution in [3.63, 3.8) is 0 Å². The number of hydrogen-bond acceptors (Lipinski definition) is 4. The molecule has 0 saturated heterocycles. The predicted molar refractivity (Wildman–Crippen MR) is 87.1 cm³/mol. The molecule has 0 unspecified atom stereocenters. The van der Waals surface area contributed by atoms with Gasteiger partial charge in [0.25, 0.3) is 0 Å². The topological polar surface area (TPSA) is 30.5 Å². The van der Waals surface area contributed by atoms with Crippen LogP contribution in [0.2, 0.25) is 0 Å². The zero-order valence-corrected chi connectivity index (χ0v) is 13.9. The Balaban J connectivity index is 2.02. The van der Waals surface area contributed by atoms with E-state index in [1.165, 1.54) is 10.4 Å². The predicted octanol–water partition coefficient (Wildman–Crippen LogP) is 3.66. The van der Waals surface area contributed by atoms with Gasteiger partial charge >= 0.3 is 0 Å². The lowest BCUT2D eigenvalue weighted by molar-refractivity contribution is 0.352. The van der Waals surface area contributed by atoms with E-state index < -0.39 is 0 Å². The van der Waals surface area contributed by atoms with Gasteiger partial charge in [0.05, 0.1) is 17.8 Å². The van der Waals surface area contributed by atoms with Crippen LogP contribution in [-0.4, -0.2) is 14.2 Å². The zero-order chi connectivity index (χ0) is 13.7. The Kier molecular flexibility index (Phi) is 5.47. The molecule has 0 aliphatic carbocycles. The van der Waals surface area contributed by atoms with Crippen LogP contribution in [0.5, 0.6) is 11.5 Å². The van der Waals surface area contributed by atoms with E-state index in [1.807, 2.05) is 6.07 Å². The molecule has 19 heavy (non-hydrogen) atoms. The van der Waals surface area contributed by atoms with Gasteiger partial charge in [0.2, 0.25) is 0 Å². The van der Waals surface area contributed by atoms with Crippen LogP contribution in [-0.2, 0) is 13.1 Å². The lowest BCUT2D eigenvalue weighted by atomic mass is 10.2. The van der Waals surface area contributed by atoms with E-state index in [2.05, 4.69) is 51.5 Å². The Labute approximate surface area is 131 Å². The minimum Gasteiger partial charge on any atom is -0.493 e. The molecule has 2 aromatic rings. The highest BCUT2D eigenvalue weighted by Crippen LogP contribution is 2.33. The number of rotatable bonds is 6. The van der Waals surface area contributed by atoms with E-state index in [9.17, 15) is 0 Å². The van der Waals surface area contributed by atoms with Gasteiger partial charge < -0.3 is 14.8 Å². The summed E-state index contributed by atoms with van der Waals surface area (Å²) in [6, 6.07) is 8.34. The van der Waals surface area contributed by atoms with E-state index in [4.69, 9.17) is 9.47 Å². The maximum Gasteiger partial charge on any atom is 0.174 e. The first-order valence-corrected chi connectivity index (χ1v) is 7.84. The summed E-state index contributed by atoms with van der Waals surface area (Å²) < 4.78 is 11.8. The summed E-state index contributed by atoms with van der Waals surface area (Å²) >= 11 is 4.03. The van der Waals surface area contributed by atoms with Crippen LogP contribution in [0.15, 0.2) is 29.6 Å². The smallest absolute Gasteiger partial charge is 0.174 e. The van der Waals surface area contributed by atoms with Crippen LogP contribution in [0, 0.1) is 3.57 Å². The number of thiophene rings is 1. The van der Waals surface area contributed by atoms with Gasteiger partial charge in [0, 0.05) is 18.0 Å². The lowest BCUT2D eigenvalue weighted by Gasteiger charge is -2.12. The third-order valence-electron chi connectivity index (χ3n) is 2.70. The van der Waals surface area contributed by atoms with E-state index in [0.717, 1.165) is 28.2 Å². The second kappa shape index (κ2) is 7.12. The van der Waals surface area contributed by atoms with Gasteiger partial charge in [-0.25, -0.2) is 0 Å². The summed E-state index contributed by atoms with van der Waals surface area (Å²) in [6.07, 6.45) is 0. The number of halogens is 1. The number of methoxy groups -OCH3 is 2. The molecule has 0 spiro atoms. The highest BCUT2D eigenvalue weighted by Gasteiger charge is 2.10. The van der Waals surface area contributed by atoms with Crippen molar-refractivity contribution in [1.29, 1.82) is 0 Å². The van der Waals surface area contributed by atoms with Crippen LogP contribution >= 0.6 is 33.9 Å². The quantitative estimate of drug-likeness (QED) is 0.765. The zero-order valence-electron chi connectivity index (χ0n) is 10.9. The van der Waals surface area contributed by atoms with Gasteiger partial charge in [-0.1, -0.05) is 6.07 Å². The van der Waals surface area contributed by atoms with Gasteiger partial charge in [-0.15, -0.1) is 11.3 Å². The van der Waals surface area contributed by atoms with Gasteiger partial charge in [0.1, 0.15) is 0 Å². The fraction of sp³-hybridized carbons (Fsp3) is 0.286. The van der Waals surface area contributed by atoms with Crippen LogP contribution in [0.25, 0.3) is 0 Å². The molecule has 0 radical (unpaired) electrons. The molecule has 0 amide bonds. The first-order valence-electron chi connectivity index (χ1n) is 5.88. The molecule has 102 valence electrons. The Morgan fingerprint density at radius 3 is 2.68 bits per heavy atom. The third-order valence-corrected chi connectivity index (χ3v) is 4.38. The summed E-state index contributed by atoms with van der Waals surface area (Å²) in [5, 5.41) is 5.52. The minimum atomic E-state index is 0.780. The Morgan fingerprint density at radius 2 is 2.05 bits per heavy atom. The number of hydrogen-bond donors (Lipinski definition) is 1. The molecule has 2 rings (SSSR count). The van der Waals surface area contributed by atoms with E-state index >= 15 is 0 Å². The minimum absolute atomic E-state index is 0.780. The monoisotopic (exact) mass is 389 g/mol. The molecule has 0 aliphatic rings. The molecule has 0 bridgehead atoms. The van der Waals surface area contributed by atoms with Crippen molar-refractivity contribution in [1.82, 2.24) is 5.32 Å². The van der Waals surface area contributed by atoms with Crippen LogP contribution < -0.4 is 14.8 Å². The number of benzene rings is 1. The maximum absolute atomic E-state index is 5.35. The molecule has 1 aromatic carbocycles. The maximum atomic E-state index is 5.35. The van der Waals surface area contributed by atoms with Crippen LogP contribution in [0.3, 0.4) is 0 Å². The molecule has 0 atom stereocenters. The first kappa shape index (κ1) is 14.6.